The van der Waals surface area contributed by atoms with E-state index in [4.69, 9.17) is 4.99 Å². The van der Waals surface area contributed by atoms with Crippen LogP contribution in [0.5, 0.6) is 0 Å². The molecule has 28 heavy (non-hydrogen) atoms. The molecule has 0 saturated heterocycles. The molecule has 4 nitrogen and oxygen atoms in total. The van der Waals surface area contributed by atoms with Gasteiger partial charge in [-0.1, -0.05) is 55.5 Å². The van der Waals surface area contributed by atoms with Crippen molar-refractivity contribution in [1.29, 1.82) is 0 Å². The molecule has 0 N–H and O–H groups in total. The molecule has 0 bridgehead atoms. The molecule has 0 fully saturated rings. The van der Waals surface area contributed by atoms with Crippen LogP contribution in [0.1, 0.15) is 43.2 Å². The highest BCUT2D eigenvalue weighted by Gasteiger charge is 2.28. The van der Waals surface area contributed by atoms with Crippen LogP contribution in [0.4, 0.5) is 5.69 Å². The Morgan fingerprint density at radius 2 is 1.71 bits per heavy atom. The third-order valence-electron chi connectivity index (χ3n) is 5.57. The van der Waals surface area contributed by atoms with Crippen molar-refractivity contribution in [3.05, 3.63) is 94.2 Å². The number of nitroso groups, excluding NO2 is 1. The molecule has 2 aromatic rings. The first-order valence-corrected chi connectivity index (χ1v) is 10.0. The van der Waals surface area contributed by atoms with Crippen molar-refractivity contribution < 1.29 is 0 Å². The Balaban J connectivity index is 1.73. The zero-order chi connectivity index (χ0) is 19.3. The zero-order valence-corrected chi connectivity index (χ0v) is 16.1. The molecule has 0 unspecified atom stereocenters. The lowest BCUT2D eigenvalue weighted by molar-refractivity contribution is 0.510. The lowest BCUT2D eigenvalue weighted by Gasteiger charge is -2.34. The second-order valence-electron chi connectivity index (χ2n) is 7.36. The minimum atomic E-state index is 0.427. The molecule has 1 aliphatic carbocycles. The summed E-state index contributed by atoms with van der Waals surface area (Å²) in [5.41, 5.74) is 5.93. The molecule has 2 aliphatic rings. The van der Waals surface area contributed by atoms with Gasteiger partial charge in [-0.2, -0.15) is 0 Å². The van der Waals surface area contributed by atoms with Crippen molar-refractivity contribution in [3.63, 3.8) is 0 Å². The zero-order valence-electron chi connectivity index (χ0n) is 16.1. The quantitative estimate of drug-likeness (QED) is 0.594. The summed E-state index contributed by atoms with van der Waals surface area (Å²) in [5.74, 6) is 0.803. The summed E-state index contributed by atoms with van der Waals surface area (Å²) >= 11 is 0. The molecular weight excluding hydrogens is 346 g/mol. The first kappa shape index (κ1) is 18.4. The van der Waals surface area contributed by atoms with Crippen LogP contribution in [-0.2, 0) is 6.42 Å². The van der Waals surface area contributed by atoms with Gasteiger partial charge in [0.25, 0.3) is 0 Å². The summed E-state index contributed by atoms with van der Waals surface area (Å²) in [6, 6.07) is 17.9. The van der Waals surface area contributed by atoms with E-state index in [2.05, 4.69) is 40.9 Å². The van der Waals surface area contributed by atoms with Gasteiger partial charge < -0.3 is 4.90 Å². The summed E-state index contributed by atoms with van der Waals surface area (Å²) in [6.45, 7) is 5.21. The van der Waals surface area contributed by atoms with Gasteiger partial charge in [-0.15, -0.1) is 4.91 Å². The number of amidine groups is 1. The maximum atomic E-state index is 11.4. The van der Waals surface area contributed by atoms with Gasteiger partial charge in [0.15, 0.2) is 0 Å². The summed E-state index contributed by atoms with van der Waals surface area (Å²) in [5, 5.41) is 3.24. The van der Waals surface area contributed by atoms with E-state index in [1.807, 2.05) is 24.3 Å². The van der Waals surface area contributed by atoms with Gasteiger partial charge in [0.1, 0.15) is 11.5 Å². The number of rotatable bonds is 5. The molecule has 0 spiro atoms. The monoisotopic (exact) mass is 371 g/mol. The van der Waals surface area contributed by atoms with E-state index in [1.54, 1.807) is 6.07 Å². The van der Waals surface area contributed by atoms with Gasteiger partial charge in [-0.25, -0.2) is 4.99 Å². The Labute approximate surface area is 166 Å². The van der Waals surface area contributed by atoms with Gasteiger partial charge in [-0.05, 0) is 60.6 Å². The molecule has 1 heterocycles. The second kappa shape index (κ2) is 8.34. The summed E-state index contributed by atoms with van der Waals surface area (Å²) < 4.78 is 0. The van der Waals surface area contributed by atoms with E-state index in [9.17, 15) is 4.91 Å². The maximum Gasteiger partial charge on any atom is 0.142 e. The topological polar surface area (TPSA) is 45.0 Å². The molecule has 0 saturated carbocycles. The van der Waals surface area contributed by atoms with Crippen LogP contribution in [0.2, 0.25) is 0 Å². The third kappa shape index (κ3) is 3.68. The minimum Gasteiger partial charge on any atom is -0.326 e. The fraction of sp³-hybridized carbons (Fsp3) is 0.292. The van der Waals surface area contributed by atoms with Crippen molar-refractivity contribution in [1.82, 2.24) is 4.90 Å². The Morgan fingerprint density at radius 3 is 2.54 bits per heavy atom. The minimum absolute atomic E-state index is 0.427. The molecule has 0 aromatic heterocycles. The number of benzene rings is 2. The van der Waals surface area contributed by atoms with Gasteiger partial charge in [0.05, 0.1) is 0 Å². The number of hydrogen-bond donors (Lipinski definition) is 0. The van der Waals surface area contributed by atoms with Crippen LogP contribution in [0.15, 0.2) is 88.3 Å². The molecular formula is C24H25N3O. The van der Waals surface area contributed by atoms with Crippen LogP contribution in [0, 0.1) is 4.91 Å². The SMILES string of the molecule is C=C1C2=C(CCCCC2)N=C(c2ccccc2N=O)N1CCc1ccccc1. The van der Waals surface area contributed by atoms with E-state index in [0.717, 1.165) is 55.0 Å². The number of hydrogen-bond acceptors (Lipinski definition) is 4. The van der Waals surface area contributed by atoms with Crippen molar-refractivity contribution in [2.45, 2.75) is 38.5 Å². The maximum absolute atomic E-state index is 11.4. The standard InChI is InChI=1S/C24H25N3O/c1-18-20-12-6-3-7-14-22(20)25-24(21-13-8-9-15-23(21)26-28)27(18)17-16-19-10-4-2-5-11-19/h2,4-5,8-11,13,15H,1,3,6-7,12,14,16-17H2. The van der Waals surface area contributed by atoms with E-state index in [1.165, 1.54) is 24.0 Å². The van der Waals surface area contributed by atoms with E-state index in [0.29, 0.717) is 5.69 Å². The highest BCUT2D eigenvalue weighted by atomic mass is 16.3. The average molecular weight is 371 g/mol. The van der Waals surface area contributed by atoms with Crippen molar-refractivity contribution in [3.8, 4) is 0 Å². The lowest BCUT2D eigenvalue weighted by Crippen LogP contribution is -2.36. The van der Waals surface area contributed by atoms with Gasteiger partial charge >= 0.3 is 0 Å². The van der Waals surface area contributed by atoms with E-state index in [-0.39, 0.29) is 0 Å². The van der Waals surface area contributed by atoms with Crippen molar-refractivity contribution in [2.24, 2.45) is 10.2 Å². The van der Waals surface area contributed by atoms with Gasteiger partial charge in [0, 0.05) is 23.5 Å². The Morgan fingerprint density at radius 1 is 0.964 bits per heavy atom. The fourth-order valence-electron chi connectivity index (χ4n) is 4.05. The van der Waals surface area contributed by atoms with Crippen LogP contribution in [0.3, 0.4) is 0 Å². The van der Waals surface area contributed by atoms with Crippen LogP contribution >= 0.6 is 0 Å². The lowest BCUT2D eigenvalue weighted by atomic mass is 10.00. The number of aliphatic imine (C=N–C) groups is 1. The first-order chi connectivity index (χ1) is 13.8. The van der Waals surface area contributed by atoms with Gasteiger partial charge in [-0.3, -0.25) is 0 Å². The fourth-order valence-corrected chi connectivity index (χ4v) is 4.05. The molecule has 2 aromatic carbocycles. The summed E-state index contributed by atoms with van der Waals surface area (Å²) in [7, 11) is 0. The van der Waals surface area contributed by atoms with E-state index < -0.39 is 0 Å². The highest BCUT2D eigenvalue weighted by Crippen LogP contribution is 2.36. The average Bonchev–Trinajstić information content (AvgIpc) is 2.99. The Kier molecular flexibility index (Phi) is 5.47. The smallest absolute Gasteiger partial charge is 0.142 e. The van der Waals surface area contributed by atoms with Crippen molar-refractivity contribution >= 4 is 11.5 Å². The number of nitrogens with zero attached hydrogens (tertiary/aromatic N) is 3. The molecule has 142 valence electrons. The van der Waals surface area contributed by atoms with Crippen LogP contribution in [-0.4, -0.2) is 17.3 Å². The third-order valence-corrected chi connectivity index (χ3v) is 5.57. The predicted molar refractivity (Wildman–Crippen MR) is 115 cm³/mol. The molecule has 4 heteroatoms. The highest BCUT2D eigenvalue weighted by molar-refractivity contribution is 6.05. The van der Waals surface area contributed by atoms with Crippen molar-refractivity contribution in [2.75, 3.05) is 6.54 Å². The first-order valence-electron chi connectivity index (χ1n) is 10.0. The molecule has 0 amide bonds. The van der Waals surface area contributed by atoms with Gasteiger partial charge in [0.2, 0.25) is 0 Å². The largest absolute Gasteiger partial charge is 0.326 e. The predicted octanol–water partition coefficient (Wildman–Crippen LogP) is 6.12. The normalized spacial score (nSPS) is 17.1. The Hall–Kier alpha value is -3.01. The summed E-state index contributed by atoms with van der Waals surface area (Å²) in [4.78, 5) is 18.6. The number of allylic oxidation sites excluding steroid dienone is 2. The van der Waals surface area contributed by atoms with Crippen LogP contribution < -0.4 is 0 Å². The Bertz CT molecular complexity index is 943. The molecule has 4 rings (SSSR count). The molecule has 1 aliphatic heterocycles. The second-order valence-corrected chi connectivity index (χ2v) is 7.36. The van der Waals surface area contributed by atoms with E-state index >= 15 is 0 Å². The summed E-state index contributed by atoms with van der Waals surface area (Å²) in [6.07, 6.45) is 6.45. The van der Waals surface area contributed by atoms with Crippen LogP contribution in [0.25, 0.3) is 0 Å². The molecule has 0 atom stereocenters. The molecule has 0 radical (unpaired) electrons.